The fourth-order valence-electron chi connectivity index (χ4n) is 2.53. The first-order valence-corrected chi connectivity index (χ1v) is 9.27. The van der Waals surface area contributed by atoms with Crippen molar-refractivity contribution in [3.63, 3.8) is 0 Å². The molecule has 0 saturated heterocycles. The van der Waals surface area contributed by atoms with Crippen LogP contribution in [0.5, 0.6) is 5.75 Å². The van der Waals surface area contributed by atoms with Gasteiger partial charge in [-0.25, -0.2) is 9.78 Å². The molecule has 0 unspecified atom stereocenters. The summed E-state index contributed by atoms with van der Waals surface area (Å²) in [6.45, 7) is 4.49. The SMILES string of the molecule is CCn1cc(C#N)c(=O)n(Cc2csc(COc3ccc(C)cc3)n2)c1=O. The minimum absolute atomic E-state index is 0.0220. The number of aryl methyl sites for hydroxylation is 2. The minimum Gasteiger partial charge on any atom is -0.486 e. The van der Waals surface area contributed by atoms with Gasteiger partial charge in [0.1, 0.15) is 29.0 Å². The van der Waals surface area contributed by atoms with Crippen LogP contribution in [-0.4, -0.2) is 14.1 Å². The van der Waals surface area contributed by atoms with E-state index >= 15 is 0 Å². The molecule has 3 aromatic rings. The van der Waals surface area contributed by atoms with E-state index in [0.29, 0.717) is 18.8 Å². The number of nitriles is 1. The maximum Gasteiger partial charge on any atom is 0.331 e. The third-order valence-electron chi connectivity index (χ3n) is 4.00. The molecular weight excluding hydrogens is 364 g/mol. The highest BCUT2D eigenvalue weighted by molar-refractivity contribution is 7.09. The Kier molecular flexibility index (Phi) is 5.52. The van der Waals surface area contributed by atoms with Crippen molar-refractivity contribution < 1.29 is 4.74 Å². The first-order valence-electron chi connectivity index (χ1n) is 8.39. The molecule has 0 amide bonds. The molecule has 0 aliphatic rings. The molecule has 0 saturated carbocycles. The average Bonchev–Trinajstić information content (AvgIpc) is 3.12. The maximum atomic E-state index is 12.4. The van der Waals surface area contributed by atoms with Crippen LogP contribution in [0, 0.1) is 18.3 Å². The van der Waals surface area contributed by atoms with Crippen molar-refractivity contribution in [3.8, 4) is 11.8 Å². The fourth-order valence-corrected chi connectivity index (χ4v) is 3.22. The standard InChI is InChI=1S/C19H18N4O3S/c1-3-22-9-14(8-20)18(24)23(19(22)25)10-15-12-27-17(21-15)11-26-16-6-4-13(2)5-7-16/h4-7,9,12H,3,10-11H2,1-2H3. The summed E-state index contributed by atoms with van der Waals surface area (Å²) in [5.74, 6) is 0.751. The van der Waals surface area contributed by atoms with Crippen molar-refractivity contribution >= 4 is 11.3 Å². The number of ether oxygens (including phenoxy) is 1. The van der Waals surface area contributed by atoms with Crippen LogP contribution in [-0.2, 0) is 19.7 Å². The second-order valence-electron chi connectivity index (χ2n) is 5.95. The van der Waals surface area contributed by atoms with Gasteiger partial charge in [-0.3, -0.25) is 13.9 Å². The molecule has 0 aliphatic heterocycles. The Morgan fingerprint density at radius 3 is 2.67 bits per heavy atom. The Bertz CT molecular complexity index is 1100. The van der Waals surface area contributed by atoms with Gasteiger partial charge in [-0.1, -0.05) is 17.7 Å². The first kappa shape index (κ1) is 18.6. The number of rotatable bonds is 6. The van der Waals surface area contributed by atoms with Gasteiger partial charge in [0.2, 0.25) is 0 Å². The molecule has 0 aliphatic carbocycles. The molecule has 7 nitrogen and oxygen atoms in total. The maximum absolute atomic E-state index is 12.4. The zero-order chi connectivity index (χ0) is 19.4. The van der Waals surface area contributed by atoms with E-state index in [1.165, 1.54) is 22.1 Å². The summed E-state index contributed by atoms with van der Waals surface area (Å²) in [5, 5.41) is 11.6. The van der Waals surface area contributed by atoms with Gasteiger partial charge in [0, 0.05) is 18.1 Å². The monoisotopic (exact) mass is 382 g/mol. The number of benzene rings is 1. The zero-order valence-corrected chi connectivity index (χ0v) is 15.8. The molecule has 0 radical (unpaired) electrons. The Balaban J connectivity index is 1.78. The van der Waals surface area contributed by atoms with Crippen molar-refractivity contribution in [2.24, 2.45) is 0 Å². The molecule has 27 heavy (non-hydrogen) atoms. The lowest BCUT2D eigenvalue weighted by Crippen LogP contribution is -2.41. The smallest absolute Gasteiger partial charge is 0.331 e. The second kappa shape index (κ2) is 8.01. The van der Waals surface area contributed by atoms with E-state index in [2.05, 4.69) is 4.98 Å². The van der Waals surface area contributed by atoms with Crippen LogP contribution in [0.25, 0.3) is 0 Å². The van der Waals surface area contributed by atoms with E-state index < -0.39 is 11.2 Å². The number of hydrogen-bond acceptors (Lipinski definition) is 6. The molecule has 0 atom stereocenters. The molecule has 2 heterocycles. The van der Waals surface area contributed by atoms with Crippen LogP contribution >= 0.6 is 11.3 Å². The molecule has 8 heteroatoms. The Hall–Kier alpha value is -3.18. The van der Waals surface area contributed by atoms with Crippen molar-refractivity contribution in [2.45, 2.75) is 33.5 Å². The third-order valence-corrected chi connectivity index (χ3v) is 4.87. The molecule has 0 spiro atoms. The molecule has 2 aromatic heterocycles. The van der Waals surface area contributed by atoms with Crippen molar-refractivity contribution in [1.82, 2.24) is 14.1 Å². The topological polar surface area (TPSA) is 89.9 Å². The quantitative estimate of drug-likeness (QED) is 0.652. The number of hydrogen-bond donors (Lipinski definition) is 0. The lowest BCUT2D eigenvalue weighted by Gasteiger charge is -2.08. The summed E-state index contributed by atoms with van der Waals surface area (Å²) in [5.41, 5.74) is 0.625. The van der Waals surface area contributed by atoms with Crippen LogP contribution in [0.4, 0.5) is 0 Å². The van der Waals surface area contributed by atoms with Crippen LogP contribution in [0.1, 0.15) is 28.8 Å². The zero-order valence-electron chi connectivity index (χ0n) is 15.0. The van der Waals surface area contributed by atoms with E-state index in [4.69, 9.17) is 10.00 Å². The summed E-state index contributed by atoms with van der Waals surface area (Å²) in [7, 11) is 0. The van der Waals surface area contributed by atoms with Crippen molar-refractivity contribution in [3.05, 3.63) is 78.5 Å². The van der Waals surface area contributed by atoms with E-state index in [1.54, 1.807) is 12.3 Å². The fraction of sp³-hybridized carbons (Fsp3) is 0.263. The van der Waals surface area contributed by atoms with E-state index in [1.807, 2.05) is 37.3 Å². The lowest BCUT2D eigenvalue weighted by atomic mass is 10.2. The molecular formula is C19H18N4O3S. The summed E-state index contributed by atoms with van der Waals surface area (Å²) in [4.78, 5) is 29.2. The Morgan fingerprint density at radius 1 is 1.26 bits per heavy atom. The molecule has 0 fully saturated rings. The summed E-state index contributed by atoms with van der Waals surface area (Å²) < 4.78 is 8.09. The van der Waals surface area contributed by atoms with Gasteiger partial charge in [-0.05, 0) is 26.0 Å². The van der Waals surface area contributed by atoms with Crippen LogP contribution in [0.3, 0.4) is 0 Å². The third kappa shape index (κ3) is 4.15. The van der Waals surface area contributed by atoms with Gasteiger partial charge in [0.05, 0.1) is 12.2 Å². The van der Waals surface area contributed by atoms with Gasteiger partial charge in [-0.2, -0.15) is 5.26 Å². The number of nitrogens with zero attached hydrogens (tertiary/aromatic N) is 4. The van der Waals surface area contributed by atoms with Crippen LogP contribution < -0.4 is 16.0 Å². The number of thiazole rings is 1. The normalized spacial score (nSPS) is 10.6. The minimum atomic E-state index is -0.599. The molecule has 3 rings (SSSR count). The van der Waals surface area contributed by atoms with E-state index in [0.717, 1.165) is 20.9 Å². The highest BCUT2D eigenvalue weighted by Crippen LogP contribution is 2.16. The Labute approximate surface area is 159 Å². The second-order valence-corrected chi connectivity index (χ2v) is 6.89. The molecule has 0 bridgehead atoms. The predicted molar refractivity (Wildman–Crippen MR) is 102 cm³/mol. The van der Waals surface area contributed by atoms with Gasteiger partial charge < -0.3 is 4.74 Å². The largest absolute Gasteiger partial charge is 0.486 e. The van der Waals surface area contributed by atoms with Crippen LogP contribution in [0.2, 0.25) is 0 Å². The highest BCUT2D eigenvalue weighted by atomic mass is 32.1. The lowest BCUT2D eigenvalue weighted by molar-refractivity contribution is 0.305. The summed E-state index contributed by atoms with van der Waals surface area (Å²) in [6.07, 6.45) is 1.29. The van der Waals surface area contributed by atoms with Gasteiger partial charge in [0.25, 0.3) is 5.56 Å². The van der Waals surface area contributed by atoms with Crippen molar-refractivity contribution in [2.75, 3.05) is 0 Å². The van der Waals surface area contributed by atoms with Gasteiger partial charge >= 0.3 is 5.69 Å². The molecule has 138 valence electrons. The van der Waals surface area contributed by atoms with E-state index in [-0.39, 0.29) is 12.1 Å². The molecule has 1 aromatic carbocycles. The Morgan fingerprint density at radius 2 is 2.00 bits per heavy atom. The molecule has 0 N–H and O–H groups in total. The van der Waals surface area contributed by atoms with Crippen molar-refractivity contribution in [1.29, 1.82) is 5.26 Å². The van der Waals surface area contributed by atoms with E-state index in [9.17, 15) is 9.59 Å². The summed E-state index contributed by atoms with van der Waals surface area (Å²) >= 11 is 1.40. The average molecular weight is 382 g/mol. The first-order chi connectivity index (χ1) is 13.0. The summed E-state index contributed by atoms with van der Waals surface area (Å²) in [6, 6.07) is 9.56. The van der Waals surface area contributed by atoms with Gasteiger partial charge in [-0.15, -0.1) is 11.3 Å². The van der Waals surface area contributed by atoms with Gasteiger partial charge in [0.15, 0.2) is 0 Å². The number of aromatic nitrogens is 3. The predicted octanol–water partition coefficient (Wildman–Crippen LogP) is 2.29. The van der Waals surface area contributed by atoms with Crippen LogP contribution in [0.15, 0.2) is 45.4 Å². The highest BCUT2D eigenvalue weighted by Gasteiger charge is 2.13.